The second-order valence-corrected chi connectivity index (χ2v) is 2.19. The van der Waals surface area contributed by atoms with Crippen molar-refractivity contribution in [1.82, 2.24) is 10.3 Å². The Bertz CT molecular complexity index is 255. The normalized spacial score (nSPS) is 10.4. The molecule has 0 spiro atoms. The quantitative estimate of drug-likeness (QED) is 0.508. The molecule has 0 aromatic carbocycles. The smallest absolute Gasteiger partial charge is 0.156 e. The largest absolute Gasteiger partial charge is 0.379 e. The van der Waals surface area contributed by atoms with Crippen molar-refractivity contribution in [3.63, 3.8) is 0 Å². The second kappa shape index (κ2) is 3.71. The Labute approximate surface area is 66.2 Å². The first kappa shape index (κ1) is 7.72. The Morgan fingerprint density at radius 3 is 3.09 bits per heavy atom. The highest BCUT2D eigenvalue weighted by Gasteiger charge is 1.91. The maximum atomic E-state index is 4.08. The molecule has 58 valence electrons. The van der Waals surface area contributed by atoms with Gasteiger partial charge in [0.05, 0.1) is 6.34 Å². The lowest BCUT2D eigenvalue weighted by Crippen LogP contribution is -2.00. The SMILES string of the molecule is CN/C=N\c1ncccc1C. The number of aliphatic imine (C=N–C) groups is 1. The average molecular weight is 149 g/mol. The lowest BCUT2D eigenvalue weighted by atomic mass is 10.3. The molecule has 1 N–H and O–H groups in total. The molecule has 0 aliphatic heterocycles. The van der Waals surface area contributed by atoms with Gasteiger partial charge in [0.15, 0.2) is 5.82 Å². The highest BCUT2D eigenvalue weighted by atomic mass is 15.0. The third kappa shape index (κ3) is 2.04. The minimum Gasteiger partial charge on any atom is -0.379 e. The zero-order valence-electron chi connectivity index (χ0n) is 6.70. The van der Waals surface area contributed by atoms with Gasteiger partial charge in [0, 0.05) is 13.2 Å². The van der Waals surface area contributed by atoms with E-state index in [2.05, 4.69) is 15.3 Å². The molecule has 1 heterocycles. The van der Waals surface area contributed by atoms with Crippen LogP contribution in [0, 0.1) is 6.92 Å². The Morgan fingerprint density at radius 2 is 2.45 bits per heavy atom. The summed E-state index contributed by atoms with van der Waals surface area (Å²) >= 11 is 0. The zero-order valence-corrected chi connectivity index (χ0v) is 6.70. The minimum atomic E-state index is 0.766. The molecular formula is C8H11N3. The van der Waals surface area contributed by atoms with E-state index in [1.54, 1.807) is 12.5 Å². The van der Waals surface area contributed by atoms with E-state index in [1.807, 2.05) is 26.1 Å². The molecule has 0 aliphatic carbocycles. The molecule has 0 aliphatic rings. The van der Waals surface area contributed by atoms with Crippen LogP contribution in [-0.4, -0.2) is 18.4 Å². The van der Waals surface area contributed by atoms with Crippen LogP contribution in [0.4, 0.5) is 5.82 Å². The summed E-state index contributed by atoms with van der Waals surface area (Å²) in [5.41, 5.74) is 1.08. The number of nitrogens with zero attached hydrogens (tertiary/aromatic N) is 2. The van der Waals surface area contributed by atoms with Gasteiger partial charge in [0.1, 0.15) is 0 Å². The van der Waals surface area contributed by atoms with Gasteiger partial charge in [-0.05, 0) is 18.6 Å². The number of aryl methyl sites for hydroxylation is 1. The predicted octanol–water partition coefficient (Wildman–Crippen LogP) is 1.27. The fourth-order valence-electron chi connectivity index (χ4n) is 0.738. The molecule has 0 amide bonds. The molecule has 1 aromatic heterocycles. The van der Waals surface area contributed by atoms with Gasteiger partial charge in [0.25, 0.3) is 0 Å². The van der Waals surface area contributed by atoms with Crippen LogP contribution in [0.1, 0.15) is 5.56 Å². The summed E-state index contributed by atoms with van der Waals surface area (Å²) in [5.74, 6) is 0.766. The van der Waals surface area contributed by atoms with Gasteiger partial charge in [-0.15, -0.1) is 0 Å². The third-order valence-corrected chi connectivity index (χ3v) is 1.30. The van der Waals surface area contributed by atoms with Gasteiger partial charge in [-0.1, -0.05) is 6.07 Å². The molecule has 0 unspecified atom stereocenters. The van der Waals surface area contributed by atoms with Crippen LogP contribution < -0.4 is 5.32 Å². The molecule has 0 saturated carbocycles. The van der Waals surface area contributed by atoms with Crippen LogP contribution in [0.5, 0.6) is 0 Å². The van der Waals surface area contributed by atoms with E-state index in [1.165, 1.54) is 0 Å². The monoisotopic (exact) mass is 149 g/mol. The predicted molar refractivity (Wildman–Crippen MR) is 46.2 cm³/mol. The van der Waals surface area contributed by atoms with Gasteiger partial charge in [0.2, 0.25) is 0 Å². The van der Waals surface area contributed by atoms with Crippen molar-refractivity contribution >= 4 is 12.2 Å². The van der Waals surface area contributed by atoms with Gasteiger partial charge in [-0.2, -0.15) is 0 Å². The summed E-state index contributed by atoms with van der Waals surface area (Å²) in [7, 11) is 1.81. The molecule has 11 heavy (non-hydrogen) atoms. The molecule has 0 atom stereocenters. The highest BCUT2D eigenvalue weighted by Crippen LogP contribution is 2.11. The minimum absolute atomic E-state index is 0.766. The number of pyridine rings is 1. The van der Waals surface area contributed by atoms with Crippen molar-refractivity contribution < 1.29 is 0 Å². The van der Waals surface area contributed by atoms with Crippen LogP contribution in [0.3, 0.4) is 0 Å². The topological polar surface area (TPSA) is 37.3 Å². The van der Waals surface area contributed by atoms with E-state index in [-0.39, 0.29) is 0 Å². The number of nitrogens with one attached hydrogen (secondary N) is 1. The molecule has 0 bridgehead atoms. The van der Waals surface area contributed by atoms with E-state index in [4.69, 9.17) is 0 Å². The number of hydrogen-bond donors (Lipinski definition) is 1. The Kier molecular flexibility index (Phi) is 2.60. The lowest BCUT2D eigenvalue weighted by Gasteiger charge is -1.95. The fourth-order valence-corrected chi connectivity index (χ4v) is 0.738. The Hall–Kier alpha value is -1.38. The molecule has 3 nitrogen and oxygen atoms in total. The summed E-state index contributed by atoms with van der Waals surface area (Å²) in [4.78, 5) is 8.15. The average Bonchev–Trinajstić information content (AvgIpc) is 2.03. The second-order valence-electron chi connectivity index (χ2n) is 2.19. The molecule has 0 fully saturated rings. The van der Waals surface area contributed by atoms with E-state index < -0.39 is 0 Å². The van der Waals surface area contributed by atoms with Gasteiger partial charge in [-0.3, -0.25) is 0 Å². The van der Waals surface area contributed by atoms with E-state index >= 15 is 0 Å². The molecule has 1 rings (SSSR count). The lowest BCUT2D eigenvalue weighted by molar-refractivity contribution is 1.17. The molecule has 3 heteroatoms. The van der Waals surface area contributed by atoms with Crippen molar-refractivity contribution in [3.8, 4) is 0 Å². The van der Waals surface area contributed by atoms with Gasteiger partial charge in [-0.25, -0.2) is 9.98 Å². The first-order valence-corrected chi connectivity index (χ1v) is 3.46. The van der Waals surface area contributed by atoms with Gasteiger partial charge >= 0.3 is 0 Å². The van der Waals surface area contributed by atoms with Crippen molar-refractivity contribution in [2.75, 3.05) is 7.05 Å². The van der Waals surface area contributed by atoms with Crippen LogP contribution in [-0.2, 0) is 0 Å². The third-order valence-electron chi connectivity index (χ3n) is 1.30. The highest BCUT2D eigenvalue weighted by molar-refractivity contribution is 5.59. The van der Waals surface area contributed by atoms with Crippen molar-refractivity contribution in [1.29, 1.82) is 0 Å². The van der Waals surface area contributed by atoms with Crippen molar-refractivity contribution in [2.24, 2.45) is 4.99 Å². The molecule has 0 radical (unpaired) electrons. The van der Waals surface area contributed by atoms with Crippen LogP contribution in [0.15, 0.2) is 23.3 Å². The summed E-state index contributed by atoms with van der Waals surface area (Å²) in [5, 5.41) is 2.81. The number of hydrogen-bond acceptors (Lipinski definition) is 2. The van der Waals surface area contributed by atoms with E-state index in [0.29, 0.717) is 0 Å². The fraction of sp³-hybridized carbons (Fsp3) is 0.250. The van der Waals surface area contributed by atoms with Crippen LogP contribution in [0.2, 0.25) is 0 Å². The van der Waals surface area contributed by atoms with E-state index in [0.717, 1.165) is 11.4 Å². The van der Waals surface area contributed by atoms with Crippen molar-refractivity contribution in [3.05, 3.63) is 23.9 Å². The van der Waals surface area contributed by atoms with Crippen LogP contribution >= 0.6 is 0 Å². The Balaban J connectivity index is 2.86. The number of aromatic nitrogens is 1. The Morgan fingerprint density at radius 1 is 1.64 bits per heavy atom. The summed E-state index contributed by atoms with van der Waals surface area (Å²) in [6.45, 7) is 1.98. The summed E-state index contributed by atoms with van der Waals surface area (Å²) < 4.78 is 0. The maximum absolute atomic E-state index is 4.08. The van der Waals surface area contributed by atoms with Crippen molar-refractivity contribution in [2.45, 2.75) is 6.92 Å². The molecule has 1 aromatic rings. The van der Waals surface area contributed by atoms with Gasteiger partial charge < -0.3 is 5.32 Å². The molecular weight excluding hydrogens is 138 g/mol. The summed E-state index contributed by atoms with van der Waals surface area (Å²) in [6.07, 6.45) is 3.35. The van der Waals surface area contributed by atoms with Crippen LogP contribution in [0.25, 0.3) is 0 Å². The zero-order chi connectivity index (χ0) is 8.10. The standard InChI is InChI=1S/C8H11N3/c1-7-4-3-5-10-8(7)11-6-9-2/h3-6H,1-2H3,(H,9,10,11). The van der Waals surface area contributed by atoms with E-state index in [9.17, 15) is 0 Å². The maximum Gasteiger partial charge on any atom is 0.156 e. The first-order chi connectivity index (χ1) is 5.34. The summed E-state index contributed by atoms with van der Waals surface area (Å²) in [6, 6.07) is 3.88. The first-order valence-electron chi connectivity index (χ1n) is 3.46. The molecule has 0 saturated heterocycles. The number of rotatable bonds is 2.